The molecule has 0 aliphatic heterocycles. The van der Waals surface area contributed by atoms with E-state index in [4.69, 9.17) is 4.42 Å². The zero-order valence-electron chi connectivity index (χ0n) is 11.6. The normalized spacial score (nSPS) is 10.9. The van der Waals surface area contributed by atoms with Gasteiger partial charge in [0.1, 0.15) is 11.6 Å². The van der Waals surface area contributed by atoms with Gasteiger partial charge in [0, 0.05) is 29.8 Å². The van der Waals surface area contributed by atoms with Crippen LogP contribution in [0.15, 0.2) is 34.9 Å². The molecule has 0 aliphatic rings. The molecule has 0 unspecified atom stereocenters. The fourth-order valence-electron chi connectivity index (χ4n) is 2.20. The van der Waals surface area contributed by atoms with Gasteiger partial charge in [0.25, 0.3) is 0 Å². The molecule has 0 atom stereocenters. The summed E-state index contributed by atoms with van der Waals surface area (Å²) in [6, 6.07) is 7.84. The van der Waals surface area contributed by atoms with Crippen LogP contribution in [0.1, 0.15) is 23.0 Å². The number of furan rings is 1. The van der Waals surface area contributed by atoms with E-state index in [2.05, 4.69) is 20.2 Å². The van der Waals surface area contributed by atoms with Crippen molar-refractivity contribution in [1.82, 2.24) is 20.2 Å². The molecule has 0 fully saturated rings. The minimum atomic E-state index is 0.716. The van der Waals surface area contributed by atoms with Crippen LogP contribution in [-0.2, 0) is 12.8 Å². The van der Waals surface area contributed by atoms with Crippen molar-refractivity contribution in [1.29, 1.82) is 0 Å². The summed E-state index contributed by atoms with van der Waals surface area (Å²) in [5.41, 5.74) is 2.94. The Hall–Kier alpha value is -2.43. The van der Waals surface area contributed by atoms with Gasteiger partial charge in [-0.25, -0.2) is 4.98 Å². The first kappa shape index (κ1) is 12.6. The van der Waals surface area contributed by atoms with Crippen molar-refractivity contribution < 1.29 is 4.42 Å². The summed E-state index contributed by atoms with van der Waals surface area (Å²) in [5.74, 6) is 2.54. The summed E-state index contributed by atoms with van der Waals surface area (Å²) in [6.45, 7) is 3.95. The standard InChI is InChI=1S/C15H16N4O/c1-10-8-12(9-11(2)16-10)15-17-14(18-19-15)6-5-13-4-3-7-20-13/h3-4,7-9H,5-6H2,1-2H3,(H,17,18,19). The van der Waals surface area contributed by atoms with Crippen LogP contribution in [0, 0.1) is 13.8 Å². The van der Waals surface area contributed by atoms with Crippen molar-refractivity contribution in [2.75, 3.05) is 0 Å². The average Bonchev–Trinajstić information content (AvgIpc) is 3.07. The predicted octanol–water partition coefficient (Wildman–Crippen LogP) is 2.86. The van der Waals surface area contributed by atoms with E-state index < -0.39 is 0 Å². The van der Waals surface area contributed by atoms with E-state index in [1.807, 2.05) is 38.1 Å². The molecule has 3 aromatic rings. The van der Waals surface area contributed by atoms with Crippen molar-refractivity contribution >= 4 is 0 Å². The number of aromatic nitrogens is 4. The SMILES string of the molecule is Cc1cc(-c2n[nH]c(CCc3ccco3)n2)cc(C)n1. The lowest BCUT2D eigenvalue weighted by Gasteiger charge is -1.99. The molecular weight excluding hydrogens is 252 g/mol. The number of H-pyrrole nitrogens is 1. The van der Waals surface area contributed by atoms with Gasteiger partial charge >= 0.3 is 0 Å². The largest absolute Gasteiger partial charge is 0.469 e. The van der Waals surface area contributed by atoms with Gasteiger partial charge in [-0.05, 0) is 38.1 Å². The molecule has 5 heteroatoms. The van der Waals surface area contributed by atoms with Crippen LogP contribution in [0.5, 0.6) is 0 Å². The van der Waals surface area contributed by atoms with Crippen LogP contribution in [0.2, 0.25) is 0 Å². The lowest BCUT2D eigenvalue weighted by Crippen LogP contribution is -1.92. The lowest BCUT2D eigenvalue weighted by molar-refractivity contribution is 0.506. The summed E-state index contributed by atoms with van der Waals surface area (Å²) >= 11 is 0. The Kier molecular flexibility index (Phi) is 3.33. The number of nitrogens with one attached hydrogen (secondary N) is 1. The number of hydrogen-bond acceptors (Lipinski definition) is 4. The molecule has 0 saturated heterocycles. The Morgan fingerprint density at radius 3 is 2.60 bits per heavy atom. The number of aryl methyl sites for hydroxylation is 4. The fourth-order valence-corrected chi connectivity index (χ4v) is 2.20. The van der Waals surface area contributed by atoms with Crippen molar-refractivity contribution in [2.45, 2.75) is 26.7 Å². The topological polar surface area (TPSA) is 67.6 Å². The summed E-state index contributed by atoms with van der Waals surface area (Å²) in [7, 11) is 0. The smallest absolute Gasteiger partial charge is 0.181 e. The highest BCUT2D eigenvalue weighted by atomic mass is 16.3. The van der Waals surface area contributed by atoms with Crippen LogP contribution >= 0.6 is 0 Å². The molecule has 5 nitrogen and oxygen atoms in total. The Labute approximate surface area is 117 Å². The fraction of sp³-hybridized carbons (Fsp3) is 0.267. The van der Waals surface area contributed by atoms with E-state index in [9.17, 15) is 0 Å². The molecule has 3 rings (SSSR count). The van der Waals surface area contributed by atoms with Gasteiger partial charge < -0.3 is 4.42 Å². The van der Waals surface area contributed by atoms with Crippen molar-refractivity contribution in [3.8, 4) is 11.4 Å². The first-order chi connectivity index (χ1) is 9.70. The Balaban J connectivity index is 1.76. The highest BCUT2D eigenvalue weighted by Gasteiger charge is 2.08. The minimum Gasteiger partial charge on any atom is -0.469 e. The molecule has 102 valence electrons. The van der Waals surface area contributed by atoms with Gasteiger partial charge in [0.15, 0.2) is 5.82 Å². The quantitative estimate of drug-likeness (QED) is 0.790. The van der Waals surface area contributed by atoms with Crippen LogP contribution < -0.4 is 0 Å². The zero-order valence-corrected chi connectivity index (χ0v) is 11.6. The second-order valence-corrected chi connectivity index (χ2v) is 4.82. The van der Waals surface area contributed by atoms with E-state index in [0.717, 1.165) is 41.4 Å². The highest BCUT2D eigenvalue weighted by molar-refractivity contribution is 5.55. The van der Waals surface area contributed by atoms with Crippen molar-refractivity contribution in [2.24, 2.45) is 0 Å². The Morgan fingerprint density at radius 1 is 1.10 bits per heavy atom. The molecule has 0 spiro atoms. The number of hydrogen-bond donors (Lipinski definition) is 1. The Bertz CT molecular complexity index is 680. The van der Waals surface area contributed by atoms with E-state index in [1.54, 1.807) is 6.26 Å². The summed E-state index contributed by atoms with van der Waals surface area (Å²) < 4.78 is 5.31. The van der Waals surface area contributed by atoms with Crippen LogP contribution in [-0.4, -0.2) is 20.2 Å². The van der Waals surface area contributed by atoms with Gasteiger partial charge in [-0.15, -0.1) is 0 Å². The summed E-state index contributed by atoms with van der Waals surface area (Å²) in [4.78, 5) is 8.88. The summed E-state index contributed by atoms with van der Waals surface area (Å²) in [6.07, 6.45) is 3.28. The molecule has 20 heavy (non-hydrogen) atoms. The maximum atomic E-state index is 5.31. The minimum absolute atomic E-state index is 0.716. The van der Waals surface area contributed by atoms with E-state index in [-0.39, 0.29) is 0 Å². The van der Waals surface area contributed by atoms with Gasteiger partial charge in [-0.2, -0.15) is 5.10 Å². The average molecular weight is 268 g/mol. The van der Waals surface area contributed by atoms with Gasteiger partial charge in [-0.1, -0.05) is 0 Å². The monoisotopic (exact) mass is 268 g/mol. The molecular formula is C15H16N4O. The number of rotatable bonds is 4. The van der Waals surface area contributed by atoms with Crippen LogP contribution in [0.25, 0.3) is 11.4 Å². The second-order valence-electron chi connectivity index (χ2n) is 4.82. The molecule has 3 aromatic heterocycles. The molecule has 3 heterocycles. The van der Waals surface area contributed by atoms with Gasteiger partial charge in [0.05, 0.1) is 6.26 Å². The maximum Gasteiger partial charge on any atom is 0.181 e. The van der Waals surface area contributed by atoms with Crippen molar-refractivity contribution in [3.63, 3.8) is 0 Å². The maximum absolute atomic E-state index is 5.31. The van der Waals surface area contributed by atoms with Crippen LogP contribution in [0.3, 0.4) is 0 Å². The molecule has 0 aliphatic carbocycles. The Morgan fingerprint density at radius 2 is 1.90 bits per heavy atom. The second kappa shape index (κ2) is 5.28. The molecule has 0 aromatic carbocycles. The van der Waals surface area contributed by atoms with Gasteiger partial charge in [-0.3, -0.25) is 10.1 Å². The third-order valence-corrected chi connectivity index (χ3v) is 3.06. The first-order valence-corrected chi connectivity index (χ1v) is 6.60. The molecule has 0 amide bonds. The molecule has 0 bridgehead atoms. The van der Waals surface area contributed by atoms with E-state index in [1.165, 1.54) is 0 Å². The third kappa shape index (κ3) is 2.77. The van der Waals surface area contributed by atoms with Crippen LogP contribution in [0.4, 0.5) is 0 Å². The molecule has 0 radical (unpaired) electrons. The molecule has 1 N–H and O–H groups in total. The highest BCUT2D eigenvalue weighted by Crippen LogP contribution is 2.17. The number of aromatic amines is 1. The number of nitrogens with zero attached hydrogens (tertiary/aromatic N) is 3. The zero-order chi connectivity index (χ0) is 13.9. The predicted molar refractivity (Wildman–Crippen MR) is 75.2 cm³/mol. The van der Waals surface area contributed by atoms with Crippen molar-refractivity contribution in [3.05, 3.63) is 53.5 Å². The van der Waals surface area contributed by atoms with E-state index in [0.29, 0.717) is 5.82 Å². The number of pyridine rings is 1. The lowest BCUT2D eigenvalue weighted by atomic mass is 10.2. The first-order valence-electron chi connectivity index (χ1n) is 6.60. The van der Waals surface area contributed by atoms with E-state index >= 15 is 0 Å². The summed E-state index contributed by atoms with van der Waals surface area (Å²) in [5, 5.41) is 7.26. The third-order valence-electron chi connectivity index (χ3n) is 3.06. The van der Waals surface area contributed by atoms with Gasteiger partial charge in [0.2, 0.25) is 0 Å². The molecule has 0 saturated carbocycles.